The molecule has 0 aliphatic heterocycles. The third-order valence-electron chi connectivity index (χ3n) is 2.78. The van der Waals surface area contributed by atoms with Crippen molar-refractivity contribution in [2.24, 2.45) is 0 Å². The van der Waals surface area contributed by atoms with Gasteiger partial charge in [-0.1, -0.05) is 6.07 Å². The number of anilines is 1. The lowest BCUT2D eigenvalue weighted by Crippen LogP contribution is -2.20. The first-order valence-electron chi connectivity index (χ1n) is 5.82. The zero-order valence-corrected chi connectivity index (χ0v) is 12.9. The van der Waals surface area contributed by atoms with E-state index >= 15 is 0 Å². The number of rotatable bonds is 5. The Morgan fingerprint density at radius 3 is 2.43 bits per heavy atom. The van der Waals surface area contributed by atoms with Crippen molar-refractivity contribution in [3.63, 3.8) is 0 Å². The topological polar surface area (TPSA) is 121 Å². The molecule has 21 heavy (non-hydrogen) atoms. The van der Waals surface area contributed by atoms with Crippen LogP contribution in [0.1, 0.15) is 5.56 Å². The van der Waals surface area contributed by atoms with Crippen LogP contribution in [0.2, 0.25) is 0 Å². The van der Waals surface area contributed by atoms with Crippen LogP contribution in [-0.4, -0.2) is 34.1 Å². The average molecular weight is 330 g/mol. The van der Waals surface area contributed by atoms with Gasteiger partial charge in [0.2, 0.25) is 10.0 Å². The summed E-state index contributed by atoms with van der Waals surface area (Å²) in [4.78, 5) is -0.0292. The van der Waals surface area contributed by atoms with Gasteiger partial charge in [0.1, 0.15) is 4.90 Å². The maximum absolute atomic E-state index is 12.0. The lowest BCUT2D eigenvalue weighted by Gasteiger charge is -2.10. The molecule has 1 aromatic heterocycles. The summed E-state index contributed by atoms with van der Waals surface area (Å²) >= 11 is 0. The van der Waals surface area contributed by atoms with Gasteiger partial charge in [-0.15, -0.1) is 0 Å². The fourth-order valence-electron chi connectivity index (χ4n) is 1.66. The van der Waals surface area contributed by atoms with Crippen LogP contribution in [0.15, 0.2) is 40.4 Å². The number of H-pyrrole nitrogens is 1. The highest BCUT2D eigenvalue weighted by Crippen LogP contribution is 2.22. The molecule has 1 aromatic carbocycles. The maximum Gasteiger partial charge on any atom is 0.265 e. The molecule has 0 atom stereocenters. The van der Waals surface area contributed by atoms with Crippen LogP contribution < -0.4 is 9.44 Å². The Kier molecular flexibility index (Phi) is 4.03. The van der Waals surface area contributed by atoms with E-state index in [1.165, 1.54) is 31.4 Å². The normalized spacial score (nSPS) is 12.3. The van der Waals surface area contributed by atoms with Gasteiger partial charge in [0.25, 0.3) is 10.0 Å². The predicted molar refractivity (Wildman–Crippen MR) is 76.8 cm³/mol. The molecule has 0 unspecified atom stereocenters. The molecule has 8 nitrogen and oxygen atoms in total. The minimum Gasteiger partial charge on any atom is -0.284 e. The third kappa shape index (κ3) is 3.23. The van der Waals surface area contributed by atoms with Crippen molar-refractivity contribution in [3.8, 4) is 0 Å². The summed E-state index contributed by atoms with van der Waals surface area (Å²) in [6.45, 7) is 1.62. The van der Waals surface area contributed by atoms with E-state index in [0.717, 1.165) is 6.20 Å². The van der Waals surface area contributed by atoms with E-state index in [1.807, 2.05) is 0 Å². The maximum atomic E-state index is 12.0. The van der Waals surface area contributed by atoms with Gasteiger partial charge in [0, 0.05) is 6.20 Å². The van der Waals surface area contributed by atoms with Crippen LogP contribution in [0.25, 0.3) is 0 Å². The van der Waals surface area contributed by atoms with E-state index in [2.05, 4.69) is 19.6 Å². The Morgan fingerprint density at radius 1 is 1.14 bits per heavy atom. The van der Waals surface area contributed by atoms with Crippen molar-refractivity contribution in [3.05, 3.63) is 36.2 Å². The van der Waals surface area contributed by atoms with Gasteiger partial charge in [0.15, 0.2) is 0 Å². The zero-order valence-electron chi connectivity index (χ0n) is 11.3. The molecule has 2 rings (SSSR count). The number of aryl methyl sites for hydroxylation is 1. The summed E-state index contributed by atoms with van der Waals surface area (Å²) in [6, 6.07) is 4.28. The van der Waals surface area contributed by atoms with Gasteiger partial charge >= 0.3 is 0 Å². The predicted octanol–water partition coefficient (Wildman–Crippen LogP) is 0.427. The van der Waals surface area contributed by atoms with Gasteiger partial charge in [0.05, 0.1) is 16.8 Å². The Labute approximate surface area is 122 Å². The van der Waals surface area contributed by atoms with Crippen molar-refractivity contribution in [2.75, 3.05) is 11.8 Å². The molecule has 10 heteroatoms. The van der Waals surface area contributed by atoms with Crippen LogP contribution in [0, 0.1) is 6.92 Å². The Morgan fingerprint density at radius 2 is 1.86 bits per heavy atom. The number of nitrogens with zero attached hydrogens (tertiary/aromatic N) is 1. The molecule has 0 aliphatic rings. The van der Waals surface area contributed by atoms with Crippen molar-refractivity contribution in [1.82, 2.24) is 14.9 Å². The first kappa shape index (κ1) is 15.5. The quantitative estimate of drug-likeness (QED) is 0.734. The van der Waals surface area contributed by atoms with Crippen molar-refractivity contribution in [2.45, 2.75) is 16.7 Å². The van der Waals surface area contributed by atoms with Gasteiger partial charge in [-0.05, 0) is 31.7 Å². The molecular formula is C11H14N4O4S2. The fourth-order valence-corrected chi connectivity index (χ4v) is 3.61. The molecule has 0 fully saturated rings. The van der Waals surface area contributed by atoms with Crippen LogP contribution in [-0.2, 0) is 20.0 Å². The van der Waals surface area contributed by atoms with E-state index in [-0.39, 0.29) is 15.5 Å². The monoisotopic (exact) mass is 330 g/mol. The number of sulfonamides is 2. The Balaban J connectivity index is 2.42. The van der Waals surface area contributed by atoms with Gasteiger partial charge < -0.3 is 0 Å². The second-order valence-corrected chi connectivity index (χ2v) is 7.76. The molecule has 1 heterocycles. The number of hydrogen-bond acceptors (Lipinski definition) is 5. The van der Waals surface area contributed by atoms with Crippen LogP contribution in [0.4, 0.5) is 5.69 Å². The molecule has 3 N–H and O–H groups in total. The van der Waals surface area contributed by atoms with E-state index in [4.69, 9.17) is 0 Å². The van der Waals surface area contributed by atoms with Gasteiger partial charge in [-0.2, -0.15) is 5.10 Å². The Bertz CT molecular complexity index is 842. The molecule has 0 saturated heterocycles. The summed E-state index contributed by atoms with van der Waals surface area (Å²) in [5.74, 6) is 0. The van der Waals surface area contributed by atoms with E-state index < -0.39 is 20.0 Å². The second kappa shape index (κ2) is 5.47. The Hall–Kier alpha value is -1.91. The lowest BCUT2D eigenvalue weighted by molar-refractivity contribution is 0.587. The molecule has 0 aliphatic carbocycles. The molecule has 0 bridgehead atoms. The summed E-state index contributed by atoms with van der Waals surface area (Å²) in [6.07, 6.45) is 2.38. The molecule has 0 radical (unpaired) electrons. The van der Waals surface area contributed by atoms with E-state index in [9.17, 15) is 16.8 Å². The molecular weight excluding hydrogens is 316 g/mol. The number of nitrogens with one attached hydrogen (secondary N) is 3. The van der Waals surface area contributed by atoms with E-state index in [0.29, 0.717) is 5.56 Å². The molecule has 0 saturated carbocycles. The number of benzene rings is 1. The van der Waals surface area contributed by atoms with Gasteiger partial charge in [-0.3, -0.25) is 9.82 Å². The van der Waals surface area contributed by atoms with Crippen molar-refractivity contribution < 1.29 is 16.8 Å². The minimum atomic E-state index is -3.81. The highest BCUT2D eigenvalue weighted by Gasteiger charge is 2.19. The zero-order chi connectivity index (χ0) is 15.7. The van der Waals surface area contributed by atoms with Crippen molar-refractivity contribution >= 4 is 25.7 Å². The average Bonchev–Trinajstić information content (AvgIpc) is 2.95. The van der Waals surface area contributed by atoms with Gasteiger partial charge in [-0.25, -0.2) is 21.6 Å². The van der Waals surface area contributed by atoms with Crippen LogP contribution in [0.5, 0.6) is 0 Å². The molecule has 2 aromatic rings. The van der Waals surface area contributed by atoms with Crippen LogP contribution in [0.3, 0.4) is 0 Å². The lowest BCUT2D eigenvalue weighted by atomic mass is 10.2. The third-order valence-corrected chi connectivity index (χ3v) is 5.69. The first-order chi connectivity index (χ1) is 9.76. The van der Waals surface area contributed by atoms with Crippen molar-refractivity contribution in [1.29, 1.82) is 0 Å². The standard InChI is InChI=1S/C11H14N4O4S2/c1-8-3-4-9(5-11(8)21(18,19)12-2)15-20(16,17)10-6-13-14-7-10/h3-7,12,15H,1-2H3,(H,13,14). The first-order valence-corrected chi connectivity index (χ1v) is 8.79. The highest BCUT2D eigenvalue weighted by molar-refractivity contribution is 7.92. The number of aromatic nitrogens is 2. The highest BCUT2D eigenvalue weighted by atomic mass is 32.2. The number of aromatic amines is 1. The SMILES string of the molecule is CNS(=O)(=O)c1cc(NS(=O)(=O)c2cn[nH]c2)ccc1C. The summed E-state index contributed by atoms with van der Waals surface area (Å²) in [5, 5.41) is 5.96. The largest absolute Gasteiger partial charge is 0.284 e. The molecule has 0 spiro atoms. The summed E-state index contributed by atoms with van der Waals surface area (Å²) in [5.41, 5.74) is 0.659. The summed E-state index contributed by atoms with van der Waals surface area (Å²) in [7, 11) is -6.19. The summed E-state index contributed by atoms with van der Waals surface area (Å²) < 4.78 is 52.3. The molecule has 114 valence electrons. The van der Waals surface area contributed by atoms with E-state index in [1.54, 1.807) is 6.92 Å². The minimum absolute atomic E-state index is 0.0115. The second-order valence-electron chi connectivity index (χ2n) is 4.23. The smallest absolute Gasteiger partial charge is 0.265 e. The number of hydrogen-bond donors (Lipinski definition) is 3. The van der Waals surface area contributed by atoms with Crippen LogP contribution >= 0.6 is 0 Å². The molecule has 0 amide bonds. The fraction of sp³-hybridized carbons (Fsp3) is 0.182.